The molecule has 0 bridgehead atoms. The van der Waals surface area contributed by atoms with Crippen molar-refractivity contribution in [1.29, 1.82) is 0 Å². The van der Waals surface area contributed by atoms with E-state index in [1.165, 1.54) is 0 Å². The van der Waals surface area contributed by atoms with Crippen LogP contribution >= 0.6 is 0 Å². The van der Waals surface area contributed by atoms with Gasteiger partial charge in [-0.15, -0.1) is 0 Å². The van der Waals surface area contributed by atoms with Crippen LogP contribution in [0.3, 0.4) is 0 Å². The van der Waals surface area contributed by atoms with Crippen LogP contribution in [0.4, 0.5) is 0 Å². The molecular weight excluding hydrogens is 228 g/mol. The Morgan fingerprint density at radius 3 is 2.83 bits per heavy atom. The first-order valence-corrected chi connectivity index (χ1v) is 6.35. The molecule has 0 saturated carbocycles. The molecule has 0 spiro atoms. The van der Waals surface area contributed by atoms with E-state index in [0.717, 1.165) is 42.4 Å². The first kappa shape index (κ1) is 12.8. The first-order chi connectivity index (χ1) is 8.69. The third-order valence-electron chi connectivity index (χ3n) is 2.75. The van der Waals surface area contributed by atoms with Gasteiger partial charge in [0.15, 0.2) is 5.76 Å². The zero-order valence-corrected chi connectivity index (χ0v) is 11.2. The number of hydrogen-bond donors (Lipinski definition) is 1. The molecule has 0 fully saturated rings. The van der Waals surface area contributed by atoms with Crippen molar-refractivity contribution < 1.29 is 4.52 Å². The van der Waals surface area contributed by atoms with E-state index >= 15 is 0 Å². The standard InChI is InChI=1S/C13H20N4O/c1-4-5-14-8-12-7-13(18-16-12)9-17-11(3)6-10(2)15-17/h6-7,14H,4-5,8-9H2,1-3H3. The van der Waals surface area contributed by atoms with Crippen LogP contribution in [0.15, 0.2) is 16.7 Å². The maximum absolute atomic E-state index is 5.31. The molecule has 0 aliphatic carbocycles. The average molecular weight is 248 g/mol. The van der Waals surface area contributed by atoms with Crippen molar-refractivity contribution in [2.75, 3.05) is 6.54 Å². The normalized spacial score (nSPS) is 11.1. The summed E-state index contributed by atoms with van der Waals surface area (Å²) in [6.07, 6.45) is 1.12. The highest BCUT2D eigenvalue weighted by Crippen LogP contribution is 2.09. The lowest BCUT2D eigenvalue weighted by Gasteiger charge is -1.99. The molecule has 2 aromatic heterocycles. The summed E-state index contributed by atoms with van der Waals surface area (Å²) >= 11 is 0. The highest BCUT2D eigenvalue weighted by atomic mass is 16.5. The molecule has 5 heteroatoms. The molecule has 5 nitrogen and oxygen atoms in total. The number of aryl methyl sites for hydroxylation is 2. The number of nitrogens with zero attached hydrogens (tertiary/aromatic N) is 3. The van der Waals surface area contributed by atoms with Crippen molar-refractivity contribution >= 4 is 0 Å². The minimum atomic E-state index is 0.639. The van der Waals surface area contributed by atoms with Gasteiger partial charge >= 0.3 is 0 Å². The predicted molar refractivity (Wildman–Crippen MR) is 69.3 cm³/mol. The van der Waals surface area contributed by atoms with Crippen LogP contribution in [-0.4, -0.2) is 21.5 Å². The van der Waals surface area contributed by atoms with Gasteiger partial charge in [0.25, 0.3) is 0 Å². The van der Waals surface area contributed by atoms with Gasteiger partial charge in [0.1, 0.15) is 6.54 Å². The summed E-state index contributed by atoms with van der Waals surface area (Å²) in [5.74, 6) is 0.842. The molecule has 2 rings (SSSR count). The second-order valence-corrected chi connectivity index (χ2v) is 4.55. The third kappa shape index (κ3) is 3.20. The number of rotatable bonds is 6. The van der Waals surface area contributed by atoms with Gasteiger partial charge in [-0.1, -0.05) is 12.1 Å². The molecule has 2 heterocycles. The van der Waals surface area contributed by atoms with Gasteiger partial charge in [0, 0.05) is 18.3 Å². The Morgan fingerprint density at radius 1 is 1.33 bits per heavy atom. The van der Waals surface area contributed by atoms with Gasteiger partial charge in [-0.2, -0.15) is 5.10 Å². The van der Waals surface area contributed by atoms with E-state index in [2.05, 4.69) is 28.6 Å². The van der Waals surface area contributed by atoms with Gasteiger partial charge in [-0.3, -0.25) is 4.68 Å². The maximum Gasteiger partial charge on any atom is 0.158 e. The van der Waals surface area contributed by atoms with E-state index in [0.29, 0.717) is 6.54 Å². The van der Waals surface area contributed by atoms with Crippen LogP contribution < -0.4 is 5.32 Å². The SMILES string of the molecule is CCCNCc1cc(Cn2nc(C)cc2C)on1. The fourth-order valence-corrected chi connectivity index (χ4v) is 1.89. The monoisotopic (exact) mass is 248 g/mol. The van der Waals surface area contributed by atoms with Crippen molar-refractivity contribution in [3.63, 3.8) is 0 Å². The fourth-order valence-electron chi connectivity index (χ4n) is 1.89. The van der Waals surface area contributed by atoms with Gasteiger partial charge < -0.3 is 9.84 Å². The molecule has 98 valence electrons. The van der Waals surface area contributed by atoms with Crippen LogP contribution in [0, 0.1) is 13.8 Å². The number of aromatic nitrogens is 3. The minimum Gasteiger partial charge on any atom is -0.359 e. The molecule has 0 radical (unpaired) electrons. The Bertz CT molecular complexity index is 501. The molecule has 1 N–H and O–H groups in total. The van der Waals surface area contributed by atoms with E-state index < -0.39 is 0 Å². The quantitative estimate of drug-likeness (QED) is 0.795. The predicted octanol–water partition coefficient (Wildman–Crippen LogP) is 2.04. The Balaban J connectivity index is 1.96. The molecule has 0 unspecified atom stereocenters. The summed E-state index contributed by atoms with van der Waals surface area (Å²) in [6, 6.07) is 4.04. The number of hydrogen-bond acceptors (Lipinski definition) is 4. The summed E-state index contributed by atoms with van der Waals surface area (Å²) in [4.78, 5) is 0. The summed E-state index contributed by atoms with van der Waals surface area (Å²) in [5.41, 5.74) is 3.10. The number of nitrogens with one attached hydrogen (secondary N) is 1. The van der Waals surface area contributed by atoms with Gasteiger partial charge in [-0.05, 0) is 32.9 Å². The summed E-state index contributed by atoms with van der Waals surface area (Å²) in [5, 5.41) is 11.7. The summed E-state index contributed by atoms with van der Waals surface area (Å²) in [7, 11) is 0. The Labute approximate surface area is 107 Å². The van der Waals surface area contributed by atoms with Crippen molar-refractivity contribution in [2.24, 2.45) is 0 Å². The van der Waals surface area contributed by atoms with Crippen molar-refractivity contribution in [1.82, 2.24) is 20.3 Å². The van der Waals surface area contributed by atoms with Crippen LogP contribution in [-0.2, 0) is 13.1 Å². The molecule has 18 heavy (non-hydrogen) atoms. The molecule has 0 atom stereocenters. The molecule has 0 amide bonds. The lowest BCUT2D eigenvalue weighted by molar-refractivity contribution is 0.363. The van der Waals surface area contributed by atoms with Gasteiger partial charge in [-0.25, -0.2) is 0 Å². The van der Waals surface area contributed by atoms with Gasteiger partial charge in [0.2, 0.25) is 0 Å². The van der Waals surface area contributed by atoms with Crippen LogP contribution in [0.25, 0.3) is 0 Å². The summed E-state index contributed by atoms with van der Waals surface area (Å²) in [6.45, 7) is 8.57. The first-order valence-electron chi connectivity index (χ1n) is 6.35. The van der Waals surface area contributed by atoms with E-state index in [-0.39, 0.29) is 0 Å². The van der Waals surface area contributed by atoms with Crippen molar-refractivity contribution in [2.45, 2.75) is 40.3 Å². The van der Waals surface area contributed by atoms with Crippen molar-refractivity contribution in [3.8, 4) is 0 Å². The molecular formula is C13H20N4O. The molecule has 0 saturated heterocycles. The second kappa shape index (κ2) is 5.82. The second-order valence-electron chi connectivity index (χ2n) is 4.55. The van der Waals surface area contributed by atoms with Crippen LogP contribution in [0.2, 0.25) is 0 Å². The highest BCUT2D eigenvalue weighted by molar-refractivity contribution is 5.10. The van der Waals surface area contributed by atoms with Crippen LogP contribution in [0.5, 0.6) is 0 Å². The largest absolute Gasteiger partial charge is 0.359 e. The van der Waals surface area contributed by atoms with Crippen LogP contribution in [0.1, 0.15) is 36.2 Å². The van der Waals surface area contributed by atoms with E-state index in [9.17, 15) is 0 Å². The Morgan fingerprint density at radius 2 is 2.17 bits per heavy atom. The lowest BCUT2D eigenvalue weighted by Crippen LogP contribution is -2.13. The van der Waals surface area contributed by atoms with Crippen molar-refractivity contribution in [3.05, 3.63) is 35.0 Å². The zero-order chi connectivity index (χ0) is 13.0. The Kier molecular flexibility index (Phi) is 4.15. The van der Waals surface area contributed by atoms with E-state index in [1.807, 2.05) is 24.6 Å². The maximum atomic E-state index is 5.31. The molecule has 0 aromatic carbocycles. The average Bonchev–Trinajstić information content (AvgIpc) is 2.88. The molecule has 0 aliphatic rings. The van der Waals surface area contributed by atoms with E-state index in [1.54, 1.807) is 0 Å². The topological polar surface area (TPSA) is 55.9 Å². The smallest absolute Gasteiger partial charge is 0.158 e. The summed E-state index contributed by atoms with van der Waals surface area (Å²) < 4.78 is 7.24. The fraction of sp³-hybridized carbons (Fsp3) is 0.538. The molecule has 2 aromatic rings. The third-order valence-corrected chi connectivity index (χ3v) is 2.75. The lowest BCUT2D eigenvalue weighted by atomic mass is 10.3. The minimum absolute atomic E-state index is 0.639. The molecule has 0 aliphatic heterocycles. The highest BCUT2D eigenvalue weighted by Gasteiger charge is 2.07. The van der Waals surface area contributed by atoms with Gasteiger partial charge in [0.05, 0.1) is 11.4 Å². The van der Waals surface area contributed by atoms with E-state index in [4.69, 9.17) is 4.52 Å². The zero-order valence-electron chi connectivity index (χ0n) is 11.2. The Hall–Kier alpha value is -1.62.